The highest BCUT2D eigenvalue weighted by Gasteiger charge is 2.08. The van der Waals surface area contributed by atoms with E-state index in [4.69, 9.17) is 16.7 Å². The SMILES string of the molecule is Cc1cc(Nc2cc(Cl)ccc2Br)ccc1C(=O)O. The molecule has 0 aliphatic carbocycles. The lowest BCUT2D eigenvalue weighted by atomic mass is 10.1. The molecular weight excluding hydrogens is 330 g/mol. The summed E-state index contributed by atoms with van der Waals surface area (Å²) in [6.07, 6.45) is 0. The predicted octanol–water partition coefficient (Wildman–Crippen LogP) is 4.85. The van der Waals surface area contributed by atoms with E-state index in [2.05, 4.69) is 21.2 Å². The van der Waals surface area contributed by atoms with Gasteiger partial charge in [-0.2, -0.15) is 0 Å². The van der Waals surface area contributed by atoms with Crippen LogP contribution in [0.25, 0.3) is 0 Å². The van der Waals surface area contributed by atoms with Crippen molar-refractivity contribution < 1.29 is 9.90 Å². The standard InChI is InChI=1S/C14H11BrClNO2/c1-8-6-10(3-4-11(8)14(18)19)17-13-7-9(16)2-5-12(13)15/h2-7,17H,1H3,(H,18,19). The Bertz CT molecular complexity index is 643. The fourth-order valence-electron chi connectivity index (χ4n) is 1.73. The van der Waals surface area contributed by atoms with Crippen LogP contribution < -0.4 is 5.32 Å². The highest BCUT2D eigenvalue weighted by molar-refractivity contribution is 9.10. The molecular formula is C14H11BrClNO2. The lowest BCUT2D eigenvalue weighted by molar-refractivity contribution is 0.0696. The summed E-state index contributed by atoms with van der Waals surface area (Å²) in [5.74, 6) is -0.923. The second-order valence-corrected chi connectivity index (χ2v) is 5.37. The minimum absolute atomic E-state index is 0.302. The molecule has 0 atom stereocenters. The van der Waals surface area contributed by atoms with E-state index in [1.54, 1.807) is 37.3 Å². The molecule has 0 saturated heterocycles. The topological polar surface area (TPSA) is 49.3 Å². The van der Waals surface area contributed by atoms with Crippen LogP contribution in [-0.2, 0) is 0 Å². The first-order valence-electron chi connectivity index (χ1n) is 5.53. The number of halogens is 2. The van der Waals surface area contributed by atoms with Crippen LogP contribution in [0.2, 0.25) is 5.02 Å². The van der Waals surface area contributed by atoms with Gasteiger partial charge in [-0.1, -0.05) is 11.6 Å². The van der Waals surface area contributed by atoms with Gasteiger partial charge in [-0.05, 0) is 64.8 Å². The molecule has 0 unspecified atom stereocenters. The maximum atomic E-state index is 10.9. The van der Waals surface area contributed by atoms with E-state index in [-0.39, 0.29) is 0 Å². The molecule has 0 saturated carbocycles. The van der Waals surface area contributed by atoms with Gasteiger partial charge < -0.3 is 10.4 Å². The molecule has 98 valence electrons. The van der Waals surface area contributed by atoms with Gasteiger partial charge in [0.05, 0.1) is 11.3 Å². The molecule has 2 N–H and O–H groups in total. The van der Waals surface area contributed by atoms with Crippen LogP contribution in [0.1, 0.15) is 15.9 Å². The normalized spacial score (nSPS) is 10.3. The quantitative estimate of drug-likeness (QED) is 0.839. The minimum Gasteiger partial charge on any atom is -0.478 e. The van der Waals surface area contributed by atoms with Crippen LogP contribution in [0, 0.1) is 6.92 Å². The van der Waals surface area contributed by atoms with Gasteiger partial charge in [0, 0.05) is 15.2 Å². The minimum atomic E-state index is -0.923. The molecule has 0 amide bonds. The third-order valence-electron chi connectivity index (χ3n) is 2.66. The molecule has 0 heterocycles. The summed E-state index contributed by atoms with van der Waals surface area (Å²) in [5.41, 5.74) is 2.65. The second kappa shape index (κ2) is 5.63. The number of benzene rings is 2. The molecule has 0 radical (unpaired) electrons. The smallest absolute Gasteiger partial charge is 0.335 e. The molecule has 0 aromatic heterocycles. The van der Waals surface area contributed by atoms with Crippen molar-refractivity contribution in [3.05, 3.63) is 57.0 Å². The Balaban J connectivity index is 2.31. The van der Waals surface area contributed by atoms with Gasteiger partial charge in [0.25, 0.3) is 0 Å². The van der Waals surface area contributed by atoms with Crippen molar-refractivity contribution in [1.29, 1.82) is 0 Å². The second-order valence-electron chi connectivity index (χ2n) is 4.08. The van der Waals surface area contributed by atoms with Gasteiger partial charge in [0.2, 0.25) is 0 Å². The Labute approximate surface area is 124 Å². The van der Waals surface area contributed by atoms with Crippen LogP contribution in [-0.4, -0.2) is 11.1 Å². The number of hydrogen-bond donors (Lipinski definition) is 2. The fraction of sp³-hybridized carbons (Fsp3) is 0.0714. The zero-order valence-corrected chi connectivity index (χ0v) is 12.4. The molecule has 0 spiro atoms. The average Bonchev–Trinajstić information content (AvgIpc) is 2.33. The van der Waals surface area contributed by atoms with Gasteiger partial charge in [-0.25, -0.2) is 4.79 Å². The summed E-state index contributed by atoms with van der Waals surface area (Å²) < 4.78 is 0.886. The van der Waals surface area contributed by atoms with Gasteiger partial charge in [-0.15, -0.1) is 0 Å². The zero-order valence-electron chi connectivity index (χ0n) is 10.1. The van der Waals surface area contributed by atoms with Crippen LogP contribution >= 0.6 is 27.5 Å². The number of aromatic carboxylic acids is 1. The van der Waals surface area contributed by atoms with E-state index in [1.165, 1.54) is 0 Å². The molecule has 2 aromatic carbocycles. The summed E-state index contributed by atoms with van der Waals surface area (Å²) in [4.78, 5) is 10.9. The van der Waals surface area contributed by atoms with Crippen LogP contribution in [0.3, 0.4) is 0 Å². The third kappa shape index (κ3) is 3.28. The number of rotatable bonds is 3. The van der Waals surface area contributed by atoms with Crippen molar-refractivity contribution in [1.82, 2.24) is 0 Å². The van der Waals surface area contributed by atoms with Gasteiger partial charge in [-0.3, -0.25) is 0 Å². The number of aryl methyl sites for hydroxylation is 1. The molecule has 19 heavy (non-hydrogen) atoms. The molecule has 0 bridgehead atoms. The van der Waals surface area contributed by atoms with Crippen LogP contribution in [0.4, 0.5) is 11.4 Å². The van der Waals surface area contributed by atoms with E-state index >= 15 is 0 Å². The van der Waals surface area contributed by atoms with E-state index in [1.807, 2.05) is 6.07 Å². The lowest BCUT2D eigenvalue weighted by Gasteiger charge is -2.10. The molecule has 2 aromatic rings. The number of hydrogen-bond acceptors (Lipinski definition) is 2. The van der Waals surface area contributed by atoms with E-state index in [0.29, 0.717) is 16.1 Å². The van der Waals surface area contributed by atoms with Crippen molar-refractivity contribution in [3.63, 3.8) is 0 Å². The number of anilines is 2. The van der Waals surface area contributed by atoms with E-state index < -0.39 is 5.97 Å². The van der Waals surface area contributed by atoms with Gasteiger partial charge in [0.1, 0.15) is 0 Å². The summed E-state index contributed by atoms with van der Waals surface area (Å²) in [6.45, 7) is 1.77. The highest BCUT2D eigenvalue weighted by Crippen LogP contribution is 2.29. The Kier molecular flexibility index (Phi) is 4.12. The molecule has 5 heteroatoms. The van der Waals surface area contributed by atoms with Crippen molar-refractivity contribution in [2.45, 2.75) is 6.92 Å². The van der Waals surface area contributed by atoms with Gasteiger partial charge in [0.15, 0.2) is 0 Å². The Morgan fingerprint density at radius 2 is 2.00 bits per heavy atom. The van der Waals surface area contributed by atoms with Gasteiger partial charge >= 0.3 is 5.97 Å². The molecule has 0 fully saturated rings. The Morgan fingerprint density at radius 3 is 2.63 bits per heavy atom. The third-order valence-corrected chi connectivity index (χ3v) is 3.59. The number of carboxylic acid groups (broad SMARTS) is 1. The maximum absolute atomic E-state index is 10.9. The van der Waals surface area contributed by atoms with Crippen molar-refractivity contribution in [2.24, 2.45) is 0 Å². The molecule has 2 rings (SSSR count). The number of carboxylic acids is 1. The molecule has 3 nitrogen and oxygen atoms in total. The van der Waals surface area contributed by atoms with Crippen LogP contribution in [0.15, 0.2) is 40.9 Å². The first kappa shape index (κ1) is 13.9. The van der Waals surface area contributed by atoms with Crippen LogP contribution in [0.5, 0.6) is 0 Å². The predicted molar refractivity (Wildman–Crippen MR) is 80.6 cm³/mol. The van der Waals surface area contributed by atoms with Crippen molar-refractivity contribution in [3.8, 4) is 0 Å². The number of carbonyl (C=O) groups is 1. The largest absolute Gasteiger partial charge is 0.478 e. The first-order chi connectivity index (χ1) is 8.97. The van der Waals surface area contributed by atoms with E-state index in [0.717, 1.165) is 15.8 Å². The number of nitrogens with one attached hydrogen (secondary N) is 1. The fourth-order valence-corrected chi connectivity index (χ4v) is 2.25. The molecule has 0 aliphatic rings. The lowest BCUT2D eigenvalue weighted by Crippen LogP contribution is -2.00. The maximum Gasteiger partial charge on any atom is 0.335 e. The summed E-state index contributed by atoms with van der Waals surface area (Å²) >= 11 is 9.37. The highest BCUT2D eigenvalue weighted by atomic mass is 79.9. The Hall–Kier alpha value is -1.52. The van der Waals surface area contributed by atoms with Crippen molar-refractivity contribution in [2.75, 3.05) is 5.32 Å². The Morgan fingerprint density at radius 1 is 1.26 bits per heavy atom. The summed E-state index contributed by atoms with van der Waals surface area (Å²) in [6, 6.07) is 10.5. The zero-order chi connectivity index (χ0) is 14.0. The summed E-state index contributed by atoms with van der Waals surface area (Å²) in [5, 5.41) is 12.8. The molecule has 0 aliphatic heterocycles. The van der Waals surface area contributed by atoms with Crippen molar-refractivity contribution >= 4 is 44.9 Å². The monoisotopic (exact) mass is 339 g/mol. The average molecular weight is 341 g/mol. The van der Waals surface area contributed by atoms with E-state index in [9.17, 15) is 4.79 Å². The summed E-state index contributed by atoms with van der Waals surface area (Å²) in [7, 11) is 0. The first-order valence-corrected chi connectivity index (χ1v) is 6.70.